The van der Waals surface area contributed by atoms with Crippen molar-refractivity contribution in [2.24, 2.45) is 0 Å². The highest BCUT2D eigenvalue weighted by atomic mass is 16.5. The predicted molar refractivity (Wildman–Crippen MR) is 77.1 cm³/mol. The molecule has 0 saturated heterocycles. The summed E-state index contributed by atoms with van der Waals surface area (Å²) in [5.74, 6) is 0.815. The van der Waals surface area contributed by atoms with Crippen molar-refractivity contribution in [3.05, 3.63) is 29.8 Å². The topological polar surface area (TPSA) is 48.3 Å². The lowest BCUT2D eigenvalue weighted by atomic mass is 10.1. The zero-order valence-corrected chi connectivity index (χ0v) is 12.0. The summed E-state index contributed by atoms with van der Waals surface area (Å²) < 4.78 is 5.45. The van der Waals surface area contributed by atoms with Gasteiger partial charge in [-0.05, 0) is 58.2 Å². The van der Waals surface area contributed by atoms with Crippen LogP contribution in [-0.2, 0) is 0 Å². The molecule has 0 aliphatic rings. The molecule has 0 bridgehead atoms. The van der Waals surface area contributed by atoms with Crippen LogP contribution in [0.5, 0.6) is 5.75 Å². The van der Waals surface area contributed by atoms with E-state index < -0.39 is 0 Å². The maximum atomic E-state index is 9.25. The minimum atomic E-state index is -0.275. The summed E-state index contributed by atoms with van der Waals surface area (Å²) in [4.78, 5) is 2.14. The van der Waals surface area contributed by atoms with Crippen molar-refractivity contribution in [1.29, 1.82) is 5.26 Å². The van der Waals surface area contributed by atoms with E-state index in [1.807, 2.05) is 45.3 Å². The SMILES string of the molecule is CCOc1cccc(C(C#N)NCCCN(C)C)c1. The molecule has 0 spiro atoms. The molecule has 1 atom stereocenters. The smallest absolute Gasteiger partial charge is 0.121 e. The molecule has 1 aromatic rings. The van der Waals surface area contributed by atoms with Crippen molar-refractivity contribution >= 4 is 0 Å². The highest BCUT2D eigenvalue weighted by Crippen LogP contribution is 2.19. The van der Waals surface area contributed by atoms with Crippen LogP contribution in [0.3, 0.4) is 0 Å². The molecule has 4 nitrogen and oxygen atoms in total. The lowest BCUT2D eigenvalue weighted by Gasteiger charge is -2.14. The van der Waals surface area contributed by atoms with Gasteiger partial charge in [-0.25, -0.2) is 0 Å². The van der Waals surface area contributed by atoms with Gasteiger partial charge < -0.3 is 9.64 Å². The van der Waals surface area contributed by atoms with Crippen molar-refractivity contribution in [2.45, 2.75) is 19.4 Å². The van der Waals surface area contributed by atoms with Gasteiger partial charge in [0, 0.05) is 0 Å². The number of nitrogens with zero attached hydrogens (tertiary/aromatic N) is 2. The van der Waals surface area contributed by atoms with E-state index in [0.29, 0.717) is 6.61 Å². The van der Waals surface area contributed by atoms with Gasteiger partial charge in [0.2, 0.25) is 0 Å². The first-order valence-electron chi connectivity index (χ1n) is 6.68. The van der Waals surface area contributed by atoms with Gasteiger partial charge in [0.1, 0.15) is 11.8 Å². The van der Waals surface area contributed by atoms with Crippen LogP contribution < -0.4 is 10.1 Å². The molecule has 1 unspecified atom stereocenters. The molecule has 0 saturated carbocycles. The third kappa shape index (κ3) is 5.73. The Labute approximate surface area is 116 Å². The van der Waals surface area contributed by atoms with Crippen molar-refractivity contribution in [2.75, 3.05) is 33.8 Å². The van der Waals surface area contributed by atoms with Crippen LogP contribution in [0.2, 0.25) is 0 Å². The lowest BCUT2D eigenvalue weighted by molar-refractivity contribution is 0.339. The van der Waals surface area contributed by atoms with Crippen LogP contribution >= 0.6 is 0 Å². The summed E-state index contributed by atoms with van der Waals surface area (Å²) >= 11 is 0. The first-order valence-corrected chi connectivity index (χ1v) is 6.68. The number of nitriles is 1. The van der Waals surface area contributed by atoms with E-state index in [-0.39, 0.29) is 6.04 Å². The molecule has 0 radical (unpaired) electrons. The van der Waals surface area contributed by atoms with Gasteiger partial charge in [-0.15, -0.1) is 0 Å². The quantitative estimate of drug-likeness (QED) is 0.729. The van der Waals surface area contributed by atoms with Gasteiger partial charge in [-0.1, -0.05) is 12.1 Å². The van der Waals surface area contributed by atoms with Crippen molar-refractivity contribution in [3.8, 4) is 11.8 Å². The van der Waals surface area contributed by atoms with Gasteiger partial charge in [0.15, 0.2) is 0 Å². The predicted octanol–water partition coefficient (Wildman–Crippen LogP) is 2.19. The summed E-state index contributed by atoms with van der Waals surface area (Å²) in [5, 5.41) is 12.5. The Bertz CT molecular complexity index is 412. The summed E-state index contributed by atoms with van der Waals surface area (Å²) in [6.07, 6.45) is 1.02. The van der Waals surface area contributed by atoms with E-state index in [1.54, 1.807) is 0 Å². The fraction of sp³-hybridized carbons (Fsp3) is 0.533. The number of ether oxygens (including phenoxy) is 1. The number of hydrogen-bond acceptors (Lipinski definition) is 4. The standard InChI is InChI=1S/C15H23N3O/c1-4-19-14-8-5-7-13(11-14)15(12-16)17-9-6-10-18(2)3/h5,7-8,11,15,17H,4,6,9-10H2,1-3H3. The second-order valence-corrected chi connectivity index (χ2v) is 4.68. The molecule has 19 heavy (non-hydrogen) atoms. The third-order valence-corrected chi connectivity index (χ3v) is 2.76. The Balaban J connectivity index is 2.54. The number of nitrogens with one attached hydrogen (secondary N) is 1. The molecule has 0 fully saturated rings. The van der Waals surface area contributed by atoms with Crippen LogP contribution in [0.25, 0.3) is 0 Å². The minimum absolute atomic E-state index is 0.275. The van der Waals surface area contributed by atoms with Crippen LogP contribution in [0.4, 0.5) is 0 Å². The molecule has 0 heterocycles. The monoisotopic (exact) mass is 261 g/mol. The summed E-state index contributed by atoms with van der Waals surface area (Å²) in [6, 6.07) is 9.73. The van der Waals surface area contributed by atoms with E-state index in [0.717, 1.165) is 30.8 Å². The summed E-state index contributed by atoms with van der Waals surface area (Å²) in [6.45, 7) is 4.43. The third-order valence-electron chi connectivity index (χ3n) is 2.76. The average Bonchev–Trinajstić information content (AvgIpc) is 2.39. The Kier molecular flexibility index (Phi) is 6.94. The number of benzene rings is 1. The van der Waals surface area contributed by atoms with Crippen molar-refractivity contribution in [1.82, 2.24) is 10.2 Å². The molecule has 0 aromatic heterocycles. The zero-order chi connectivity index (χ0) is 14.1. The van der Waals surface area contributed by atoms with Crippen LogP contribution in [0.15, 0.2) is 24.3 Å². The van der Waals surface area contributed by atoms with Gasteiger partial charge in [0.05, 0.1) is 12.7 Å². The highest BCUT2D eigenvalue weighted by Gasteiger charge is 2.10. The molecule has 0 aliphatic carbocycles. The minimum Gasteiger partial charge on any atom is -0.494 e. The highest BCUT2D eigenvalue weighted by molar-refractivity contribution is 5.33. The number of hydrogen-bond donors (Lipinski definition) is 1. The van der Waals surface area contributed by atoms with Gasteiger partial charge in [0.25, 0.3) is 0 Å². The van der Waals surface area contributed by atoms with Gasteiger partial charge >= 0.3 is 0 Å². The fourth-order valence-electron chi connectivity index (χ4n) is 1.83. The van der Waals surface area contributed by atoms with E-state index in [9.17, 15) is 5.26 Å². The van der Waals surface area contributed by atoms with Gasteiger partial charge in [-0.3, -0.25) is 5.32 Å². The van der Waals surface area contributed by atoms with E-state index >= 15 is 0 Å². The van der Waals surface area contributed by atoms with Gasteiger partial charge in [-0.2, -0.15) is 5.26 Å². The molecule has 1 rings (SSSR count). The first kappa shape index (κ1) is 15.5. The average molecular weight is 261 g/mol. The van der Waals surface area contributed by atoms with Crippen LogP contribution in [-0.4, -0.2) is 38.7 Å². The number of rotatable bonds is 8. The normalized spacial score (nSPS) is 12.2. The Morgan fingerprint density at radius 1 is 1.42 bits per heavy atom. The molecule has 0 amide bonds. The zero-order valence-electron chi connectivity index (χ0n) is 12.0. The summed E-state index contributed by atoms with van der Waals surface area (Å²) in [5.41, 5.74) is 0.957. The second-order valence-electron chi connectivity index (χ2n) is 4.68. The largest absolute Gasteiger partial charge is 0.494 e. The molecular weight excluding hydrogens is 238 g/mol. The maximum Gasteiger partial charge on any atom is 0.121 e. The van der Waals surface area contributed by atoms with Crippen molar-refractivity contribution < 1.29 is 4.74 Å². The molecule has 1 N–H and O–H groups in total. The van der Waals surface area contributed by atoms with Crippen molar-refractivity contribution in [3.63, 3.8) is 0 Å². The molecule has 104 valence electrons. The Hall–Kier alpha value is -1.57. The summed E-state index contributed by atoms with van der Waals surface area (Å²) in [7, 11) is 4.10. The molecule has 1 aromatic carbocycles. The Morgan fingerprint density at radius 2 is 2.21 bits per heavy atom. The first-order chi connectivity index (χ1) is 9.17. The molecule has 4 heteroatoms. The van der Waals surface area contributed by atoms with E-state index in [4.69, 9.17) is 4.74 Å². The fourth-order valence-corrected chi connectivity index (χ4v) is 1.83. The maximum absolute atomic E-state index is 9.25. The Morgan fingerprint density at radius 3 is 2.84 bits per heavy atom. The van der Waals surface area contributed by atoms with Crippen LogP contribution in [0, 0.1) is 11.3 Å². The van der Waals surface area contributed by atoms with E-state index in [2.05, 4.69) is 16.3 Å². The molecular formula is C15H23N3O. The van der Waals surface area contributed by atoms with Crippen LogP contribution in [0.1, 0.15) is 24.9 Å². The lowest BCUT2D eigenvalue weighted by Crippen LogP contribution is -2.24. The second kappa shape index (κ2) is 8.52. The molecule has 0 aliphatic heterocycles. The van der Waals surface area contributed by atoms with E-state index in [1.165, 1.54) is 0 Å².